The molecule has 1 aromatic heterocycles. The molecule has 1 saturated carbocycles. The highest BCUT2D eigenvalue weighted by Gasteiger charge is 2.41. The van der Waals surface area contributed by atoms with Gasteiger partial charge in [-0.25, -0.2) is 9.97 Å². The number of nitrogens with one attached hydrogen (secondary N) is 2. The summed E-state index contributed by atoms with van der Waals surface area (Å²) in [7, 11) is 1.77. The van der Waals surface area contributed by atoms with Crippen molar-refractivity contribution in [2.45, 2.75) is 46.0 Å². The summed E-state index contributed by atoms with van der Waals surface area (Å²) in [5, 5.41) is 6.89. The molecule has 0 amide bonds. The lowest BCUT2D eigenvalue weighted by molar-refractivity contribution is 0.175. The number of rotatable bonds is 9. The Hall–Kier alpha value is -1.36. The molecule has 1 fully saturated rings. The maximum atomic E-state index is 5.22. The van der Waals surface area contributed by atoms with Crippen molar-refractivity contribution in [2.75, 3.05) is 37.4 Å². The van der Waals surface area contributed by atoms with Gasteiger partial charge in [0.25, 0.3) is 0 Å². The minimum absolute atomic E-state index is 0.386. The molecule has 118 valence electrons. The van der Waals surface area contributed by atoms with E-state index in [9.17, 15) is 0 Å². The Morgan fingerprint density at radius 1 is 1.24 bits per heavy atom. The highest BCUT2D eigenvalue weighted by Crippen LogP contribution is 2.48. The van der Waals surface area contributed by atoms with Crippen LogP contribution >= 0.6 is 0 Å². The highest BCUT2D eigenvalue weighted by atomic mass is 16.5. The standard InChI is InChI=1S/C16H28N4O/c1-5-17-14-13(12(2)3)15(20-11-19-14)18-10-16(6-7-16)8-9-21-4/h11-12H,5-10H2,1-4H3,(H2,17,18,19,20). The van der Waals surface area contributed by atoms with Crippen molar-refractivity contribution in [1.82, 2.24) is 9.97 Å². The van der Waals surface area contributed by atoms with Crippen LogP contribution in [0, 0.1) is 5.41 Å². The first-order chi connectivity index (χ1) is 10.1. The van der Waals surface area contributed by atoms with Crippen molar-refractivity contribution in [3.63, 3.8) is 0 Å². The number of methoxy groups -OCH3 is 1. The van der Waals surface area contributed by atoms with E-state index in [-0.39, 0.29) is 0 Å². The second-order valence-corrected chi connectivity index (χ2v) is 6.27. The average molecular weight is 292 g/mol. The van der Waals surface area contributed by atoms with Crippen LogP contribution in [0.1, 0.15) is 51.5 Å². The molecule has 2 rings (SSSR count). The summed E-state index contributed by atoms with van der Waals surface area (Å²) < 4.78 is 5.22. The number of ether oxygens (including phenoxy) is 1. The first-order valence-electron chi connectivity index (χ1n) is 7.93. The van der Waals surface area contributed by atoms with Gasteiger partial charge in [0.05, 0.1) is 0 Å². The normalized spacial score (nSPS) is 16.0. The van der Waals surface area contributed by atoms with E-state index < -0.39 is 0 Å². The minimum atomic E-state index is 0.386. The molecule has 0 unspecified atom stereocenters. The van der Waals surface area contributed by atoms with Crippen molar-refractivity contribution >= 4 is 11.6 Å². The van der Waals surface area contributed by atoms with Gasteiger partial charge in [0.1, 0.15) is 18.0 Å². The summed E-state index contributed by atoms with van der Waals surface area (Å²) in [6, 6.07) is 0. The van der Waals surface area contributed by atoms with Crippen LogP contribution in [0.3, 0.4) is 0 Å². The molecule has 1 aliphatic carbocycles. The third kappa shape index (κ3) is 4.06. The molecule has 0 bridgehead atoms. The fraction of sp³-hybridized carbons (Fsp3) is 0.750. The molecule has 0 aliphatic heterocycles. The number of anilines is 2. The quantitative estimate of drug-likeness (QED) is 0.731. The molecule has 2 N–H and O–H groups in total. The maximum Gasteiger partial charge on any atom is 0.135 e. The first-order valence-corrected chi connectivity index (χ1v) is 7.93. The van der Waals surface area contributed by atoms with Gasteiger partial charge in [-0.3, -0.25) is 0 Å². The lowest BCUT2D eigenvalue weighted by atomic mass is 10.0. The van der Waals surface area contributed by atoms with E-state index in [4.69, 9.17) is 4.74 Å². The van der Waals surface area contributed by atoms with Gasteiger partial charge in [0.15, 0.2) is 0 Å². The monoisotopic (exact) mass is 292 g/mol. The Kier molecular flexibility index (Phi) is 5.39. The zero-order valence-corrected chi connectivity index (χ0v) is 13.7. The SMILES string of the molecule is CCNc1ncnc(NCC2(CCOC)CC2)c1C(C)C. The molecular formula is C16H28N4O. The smallest absolute Gasteiger partial charge is 0.135 e. The van der Waals surface area contributed by atoms with Crippen LogP contribution in [0.25, 0.3) is 0 Å². The fourth-order valence-corrected chi connectivity index (χ4v) is 2.67. The lowest BCUT2D eigenvalue weighted by Gasteiger charge is -2.20. The average Bonchev–Trinajstić information content (AvgIpc) is 3.24. The summed E-state index contributed by atoms with van der Waals surface area (Å²) in [5.74, 6) is 2.31. The molecule has 0 spiro atoms. The van der Waals surface area contributed by atoms with Crippen molar-refractivity contribution in [3.8, 4) is 0 Å². The van der Waals surface area contributed by atoms with Gasteiger partial charge in [-0.2, -0.15) is 0 Å². The topological polar surface area (TPSA) is 59.1 Å². The van der Waals surface area contributed by atoms with Gasteiger partial charge in [0.2, 0.25) is 0 Å². The summed E-state index contributed by atoms with van der Waals surface area (Å²) in [5.41, 5.74) is 1.59. The Balaban J connectivity index is 2.07. The van der Waals surface area contributed by atoms with Crippen LogP contribution < -0.4 is 10.6 Å². The Labute approximate surface area is 127 Å². The van der Waals surface area contributed by atoms with Gasteiger partial charge in [0, 0.05) is 32.4 Å². The van der Waals surface area contributed by atoms with Crippen LogP contribution in [0.2, 0.25) is 0 Å². The molecule has 21 heavy (non-hydrogen) atoms. The summed E-state index contributed by atoms with van der Waals surface area (Å²) in [6.07, 6.45) is 5.33. The van der Waals surface area contributed by atoms with Crippen LogP contribution in [-0.4, -0.2) is 36.8 Å². The van der Waals surface area contributed by atoms with Crippen LogP contribution in [0.5, 0.6) is 0 Å². The summed E-state index contributed by atoms with van der Waals surface area (Å²) >= 11 is 0. The molecule has 0 aromatic carbocycles. The van der Waals surface area contributed by atoms with Gasteiger partial charge in [-0.05, 0) is 37.5 Å². The molecule has 5 heteroatoms. The van der Waals surface area contributed by atoms with E-state index in [1.807, 2.05) is 0 Å². The highest BCUT2D eigenvalue weighted by molar-refractivity contribution is 5.59. The molecule has 0 radical (unpaired) electrons. The van der Waals surface area contributed by atoms with Crippen molar-refractivity contribution in [1.29, 1.82) is 0 Å². The van der Waals surface area contributed by atoms with E-state index in [1.54, 1.807) is 13.4 Å². The van der Waals surface area contributed by atoms with Gasteiger partial charge < -0.3 is 15.4 Å². The molecule has 0 atom stereocenters. The fourth-order valence-electron chi connectivity index (χ4n) is 2.67. The van der Waals surface area contributed by atoms with Crippen LogP contribution in [0.4, 0.5) is 11.6 Å². The molecule has 1 aromatic rings. The second kappa shape index (κ2) is 7.07. The number of nitrogens with zero attached hydrogens (tertiary/aromatic N) is 2. The third-order valence-electron chi connectivity index (χ3n) is 4.23. The largest absolute Gasteiger partial charge is 0.385 e. The third-order valence-corrected chi connectivity index (χ3v) is 4.23. The lowest BCUT2D eigenvalue weighted by Crippen LogP contribution is -2.19. The van der Waals surface area contributed by atoms with Crippen LogP contribution in [0.15, 0.2) is 6.33 Å². The molecule has 0 saturated heterocycles. The van der Waals surface area contributed by atoms with Crippen molar-refractivity contribution in [2.24, 2.45) is 5.41 Å². The van der Waals surface area contributed by atoms with E-state index in [0.717, 1.165) is 37.8 Å². The summed E-state index contributed by atoms with van der Waals surface area (Å²) in [6.45, 7) is 9.13. The Morgan fingerprint density at radius 3 is 2.43 bits per heavy atom. The number of hydrogen-bond donors (Lipinski definition) is 2. The van der Waals surface area contributed by atoms with E-state index in [0.29, 0.717) is 11.3 Å². The van der Waals surface area contributed by atoms with Crippen LogP contribution in [-0.2, 0) is 4.74 Å². The Morgan fingerprint density at radius 2 is 1.90 bits per heavy atom. The number of aromatic nitrogens is 2. The van der Waals surface area contributed by atoms with E-state index in [1.165, 1.54) is 18.4 Å². The molecule has 1 heterocycles. The first kappa shape index (κ1) is 16.0. The van der Waals surface area contributed by atoms with E-state index >= 15 is 0 Å². The van der Waals surface area contributed by atoms with Gasteiger partial charge in [-0.15, -0.1) is 0 Å². The maximum absolute atomic E-state index is 5.22. The van der Waals surface area contributed by atoms with Gasteiger partial charge >= 0.3 is 0 Å². The minimum Gasteiger partial charge on any atom is -0.385 e. The van der Waals surface area contributed by atoms with Crippen molar-refractivity contribution in [3.05, 3.63) is 11.9 Å². The predicted octanol–water partition coefficient (Wildman–Crippen LogP) is 3.26. The predicted molar refractivity (Wildman–Crippen MR) is 86.9 cm³/mol. The summed E-state index contributed by atoms with van der Waals surface area (Å²) in [4.78, 5) is 8.84. The Bertz CT molecular complexity index is 458. The van der Waals surface area contributed by atoms with Gasteiger partial charge in [-0.1, -0.05) is 13.8 Å². The number of hydrogen-bond acceptors (Lipinski definition) is 5. The van der Waals surface area contributed by atoms with Crippen molar-refractivity contribution < 1.29 is 4.74 Å². The van der Waals surface area contributed by atoms with E-state index in [2.05, 4.69) is 41.4 Å². The zero-order chi connectivity index (χ0) is 15.3. The second-order valence-electron chi connectivity index (χ2n) is 6.27. The molecule has 1 aliphatic rings. The zero-order valence-electron chi connectivity index (χ0n) is 13.7. The molecular weight excluding hydrogens is 264 g/mol. The molecule has 5 nitrogen and oxygen atoms in total.